The van der Waals surface area contributed by atoms with Crippen LogP contribution in [0.25, 0.3) is 0 Å². The quantitative estimate of drug-likeness (QED) is 0.407. The zero-order chi connectivity index (χ0) is 12.8. The van der Waals surface area contributed by atoms with Crippen LogP contribution < -0.4 is 5.84 Å². The van der Waals surface area contributed by atoms with E-state index in [0.717, 1.165) is 0 Å². The van der Waals surface area contributed by atoms with Gasteiger partial charge < -0.3 is 9.84 Å². The molecule has 0 fully saturated rings. The Morgan fingerprint density at radius 3 is 2.76 bits per heavy atom. The maximum absolute atomic E-state index is 11.8. The molecule has 1 aromatic rings. The van der Waals surface area contributed by atoms with Crippen LogP contribution in [0.2, 0.25) is 0 Å². The molecule has 0 saturated carbocycles. The van der Waals surface area contributed by atoms with Crippen molar-refractivity contribution in [2.24, 2.45) is 5.84 Å². The van der Waals surface area contributed by atoms with Crippen molar-refractivity contribution in [3.05, 3.63) is 30.1 Å². The third-order valence-electron chi connectivity index (χ3n) is 2.06. The Morgan fingerprint density at radius 2 is 2.29 bits per heavy atom. The average Bonchev–Trinajstić information content (AvgIpc) is 2.35. The molecule has 3 N–H and O–H groups in total. The first-order valence-electron chi connectivity index (χ1n) is 4.79. The largest absolute Gasteiger partial charge is 0.480 e. The summed E-state index contributed by atoms with van der Waals surface area (Å²) in [6.45, 7) is -0.190. The second-order valence-electron chi connectivity index (χ2n) is 3.24. The standard InChI is InChI=1S/C10H13N3O4/c1-17-6-8(10(15)16)13(11)9(14)7-4-2-3-5-12-7/h2-5,8H,6,11H2,1H3,(H,15,16). The number of aliphatic carboxylic acids is 1. The number of aromatic nitrogens is 1. The van der Waals surface area contributed by atoms with E-state index in [1.54, 1.807) is 12.1 Å². The van der Waals surface area contributed by atoms with Gasteiger partial charge in [-0.15, -0.1) is 0 Å². The number of methoxy groups -OCH3 is 1. The number of carbonyl (C=O) groups is 2. The van der Waals surface area contributed by atoms with E-state index in [2.05, 4.69) is 4.98 Å². The number of ether oxygens (including phenoxy) is 1. The van der Waals surface area contributed by atoms with E-state index in [1.807, 2.05) is 0 Å². The smallest absolute Gasteiger partial charge is 0.330 e. The molecule has 1 amide bonds. The average molecular weight is 239 g/mol. The first-order valence-corrected chi connectivity index (χ1v) is 4.79. The predicted octanol–water partition coefficient (Wildman–Crippen LogP) is -0.503. The number of hydrogen-bond acceptors (Lipinski definition) is 5. The van der Waals surface area contributed by atoms with Gasteiger partial charge in [0.2, 0.25) is 0 Å². The summed E-state index contributed by atoms with van der Waals surface area (Å²) >= 11 is 0. The van der Waals surface area contributed by atoms with Crippen LogP contribution in [0, 0.1) is 0 Å². The van der Waals surface area contributed by atoms with Gasteiger partial charge in [-0.2, -0.15) is 0 Å². The molecule has 1 rings (SSSR count). The summed E-state index contributed by atoms with van der Waals surface area (Å²) in [5.41, 5.74) is 0.0809. The molecule has 0 aliphatic carbocycles. The van der Waals surface area contributed by atoms with Crippen molar-refractivity contribution in [2.75, 3.05) is 13.7 Å². The lowest BCUT2D eigenvalue weighted by molar-refractivity contribution is -0.144. The first kappa shape index (κ1) is 13.1. The van der Waals surface area contributed by atoms with Gasteiger partial charge in [0, 0.05) is 13.3 Å². The Kier molecular flexibility index (Phi) is 4.56. The van der Waals surface area contributed by atoms with Crippen LogP contribution in [0.1, 0.15) is 10.5 Å². The number of hydrazine groups is 1. The maximum atomic E-state index is 11.8. The molecule has 7 heteroatoms. The molecular weight excluding hydrogens is 226 g/mol. The number of rotatable bonds is 5. The van der Waals surface area contributed by atoms with Crippen LogP contribution in [0.5, 0.6) is 0 Å². The summed E-state index contributed by atoms with van der Waals surface area (Å²) in [4.78, 5) is 26.5. The van der Waals surface area contributed by atoms with E-state index in [9.17, 15) is 9.59 Å². The van der Waals surface area contributed by atoms with Crippen molar-refractivity contribution in [2.45, 2.75) is 6.04 Å². The highest BCUT2D eigenvalue weighted by Gasteiger charge is 2.28. The number of nitrogens with zero attached hydrogens (tertiary/aromatic N) is 2. The van der Waals surface area contributed by atoms with Crippen molar-refractivity contribution >= 4 is 11.9 Å². The Morgan fingerprint density at radius 1 is 1.59 bits per heavy atom. The highest BCUT2D eigenvalue weighted by Crippen LogP contribution is 2.03. The van der Waals surface area contributed by atoms with Gasteiger partial charge in [-0.1, -0.05) is 6.07 Å². The lowest BCUT2D eigenvalue weighted by Crippen LogP contribution is -2.52. The van der Waals surface area contributed by atoms with Crippen molar-refractivity contribution in [3.8, 4) is 0 Å². The number of pyridine rings is 1. The van der Waals surface area contributed by atoms with Crippen LogP contribution in [0.4, 0.5) is 0 Å². The molecule has 0 spiro atoms. The fourth-order valence-electron chi connectivity index (χ4n) is 1.19. The van der Waals surface area contributed by atoms with Crippen LogP contribution in [0.15, 0.2) is 24.4 Å². The zero-order valence-corrected chi connectivity index (χ0v) is 9.24. The summed E-state index contributed by atoms with van der Waals surface area (Å²) in [5.74, 6) is 3.55. The molecule has 92 valence electrons. The minimum Gasteiger partial charge on any atom is -0.480 e. The van der Waals surface area contributed by atoms with Crippen LogP contribution in [-0.4, -0.2) is 46.7 Å². The molecule has 1 atom stereocenters. The van der Waals surface area contributed by atoms with Gasteiger partial charge in [0.05, 0.1) is 6.61 Å². The van der Waals surface area contributed by atoms with Crippen LogP contribution >= 0.6 is 0 Å². The number of nitrogens with two attached hydrogens (primary N) is 1. The minimum atomic E-state index is -1.24. The topological polar surface area (TPSA) is 106 Å². The van der Waals surface area contributed by atoms with E-state index in [-0.39, 0.29) is 12.3 Å². The molecule has 1 heterocycles. The molecule has 1 aromatic heterocycles. The molecule has 0 aliphatic rings. The lowest BCUT2D eigenvalue weighted by atomic mass is 10.2. The third kappa shape index (κ3) is 3.23. The summed E-state index contributed by atoms with van der Waals surface area (Å²) in [6, 6.07) is 3.46. The molecule has 7 nitrogen and oxygen atoms in total. The molecule has 0 aromatic carbocycles. The Hall–Kier alpha value is -1.99. The van der Waals surface area contributed by atoms with E-state index >= 15 is 0 Å². The Balaban J connectivity index is 2.84. The van der Waals surface area contributed by atoms with E-state index in [0.29, 0.717) is 5.01 Å². The zero-order valence-electron chi connectivity index (χ0n) is 9.24. The molecule has 0 aliphatic heterocycles. The van der Waals surface area contributed by atoms with Crippen molar-refractivity contribution in [1.29, 1.82) is 0 Å². The molecular formula is C10H13N3O4. The van der Waals surface area contributed by atoms with E-state index in [1.165, 1.54) is 19.4 Å². The van der Waals surface area contributed by atoms with Crippen molar-refractivity contribution in [3.63, 3.8) is 0 Å². The van der Waals surface area contributed by atoms with Crippen LogP contribution in [0.3, 0.4) is 0 Å². The Bertz CT molecular complexity index is 396. The lowest BCUT2D eigenvalue weighted by Gasteiger charge is -2.22. The van der Waals surface area contributed by atoms with Gasteiger partial charge in [0.25, 0.3) is 5.91 Å². The summed E-state index contributed by atoms with van der Waals surface area (Å²) in [7, 11) is 1.33. The monoisotopic (exact) mass is 239 g/mol. The van der Waals surface area contributed by atoms with Gasteiger partial charge in [0.15, 0.2) is 6.04 Å². The van der Waals surface area contributed by atoms with Crippen molar-refractivity contribution < 1.29 is 19.4 Å². The summed E-state index contributed by atoms with van der Waals surface area (Å²) < 4.78 is 4.70. The molecule has 0 saturated heterocycles. The van der Waals surface area contributed by atoms with E-state index < -0.39 is 17.9 Å². The van der Waals surface area contributed by atoms with Gasteiger partial charge in [0.1, 0.15) is 5.69 Å². The fourth-order valence-corrected chi connectivity index (χ4v) is 1.19. The normalized spacial score (nSPS) is 11.9. The maximum Gasteiger partial charge on any atom is 0.330 e. The Labute approximate surface area is 97.8 Å². The molecule has 0 radical (unpaired) electrons. The minimum absolute atomic E-state index is 0.0809. The first-order chi connectivity index (χ1) is 8.07. The van der Waals surface area contributed by atoms with Crippen LogP contribution in [-0.2, 0) is 9.53 Å². The second-order valence-corrected chi connectivity index (χ2v) is 3.24. The third-order valence-corrected chi connectivity index (χ3v) is 2.06. The van der Waals surface area contributed by atoms with Crippen molar-refractivity contribution in [1.82, 2.24) is 9.99 Å². The van der Waals surface area contributed by atoms with E-state index in [4.69, 9.17) is 15.7 Å². The summed E-state index contributed by atoms with van der Waals surface area (Å²) in [6.07, 6.45) is 1.42. The van der Waals surface area contributed by atoms with Gasteiger partial charge in [-0.3, -0.25) is 14.8 Å². The number of carboxylic acid groups (broad SMARTS) is 1. The van der Waals surface area contributed by atoms with Gasteiger partial charge in [-0.05, 0) is 12.1 Å². The van der Waals surface area contributed by atoms with Gasteiger partial charge >= 0.3 is 5.97 Å². The highest BCUT2D eigenvalue weighted by atomic mass is 16.5. The number of hydrogen-bond donors (Lipinski definition) is 2. The highest BCUT2D eigenvalue weighted by molar-refractivity contribution is 5.94. The fraction of sp³-hybridized carbons (Fsp3) is 0.300. The summed E-state index contributed by atoms with van der Waals surface area (Å²) in [5, 5.41) is 9.50. The second kappa shape index (κ2) is 5.92. The number of amides is 1. The number of carbonyl (C=O) groups excluding carboxylic acids is 1. The molecule has 0 bridgehead atoms. The SMILES string of the molecule is COCC(C(=O)O)N(N)C(=O)c1ccccn1. The van der Waals surface area contributed by atoms with Gasteiger partial charge in [-0.25, -0.2) is 10.6 Å². The number of carboxylic acids is 1. The predicted molar refractivity (Wildman–Crippen MR) is 57.9 cm³/mol. The molecule has 1 unspecified atom stereocenters. The molecule has 17 heavy (non-hydrogen) atoms.